The number of hydrogen-bond acceptors (Lipinski definition) is 4. The van der Waals surface area contributed by atoms with Gasteiger partial charge in [0.15, 0.2) is 0 Å². The average Bonchev–Trinajstić information content (AvgIpc) is 2.58. The number of benzene rings is 2. The molecular formula is C19H17NO3S. The quantitative estimate of drug-likeness (QED) is 0.615. The maximum atomic E-state index is 12.6. The van der Waals surface area contributed by atoms with E-state index in [4.69, 9.17) is 4.74 Å². The van der Waals surface area contributed by atoms with Gasteiger partial charge in [-0.3, -0.25) is 4.79 Å². The zero-order chi connectivity index (χ0) is 17.3. The summed E-state index contributed by atoms with van der Waals surface area (Å²) in [6.45, 7) is 2.02. The molecule has 1 heterocycles. The average molecular weight is 339 g/mol. The van der Waals surface area contributed by atoms with Crippen LogP contribution in [0.5, 0.6) is 0 Å². The summed E-state index contributed by atoms with van der Waals surface area (Å²) in [5.74, 6) is -0.499. The number of ether oxygens (including phenoxy) is 1. The fourth-order valence-electron chi connectivity index (χ4n) is 2.55. The normalized spacial score (nSPS) is 15.4. The van der Waals surface area contributed by atoms with Crippen LogP contribution >= 0.6 is 11.8 Å². The van der Waals surface area contributed by atoms with E-state index in [1.165, 1.54) is 18.9 Å². The van der Waals surface area contributed by atoms with Crippen molar-refractivity contribution in [1.29, 1.82) is 0 Å². The minimum absolute atomic E-state index is 0.0870. The third kappa shape index (κ3) is 3.08. The maximum Gasteiger partial charge on any atom is 0.337 e. The van der Waals surface area contributed by atoms with Crippen molar-refractivity contribution in [2.75, 3.05) is 19.1 Å². The van der Waals surface area contributed by atoms with Gasteiger partial charge in [0.25, 0.3) is 5.91 Å². The highest BCUT2D eigenvalue weighted by atomic mass is 32.2. The smallest absolute Gasteiger partial charge is 0.337 e. The lowest BCUT2D eigenvalue weighted by molar-refractivity contribution is -0.114. The number of anilines is 1. The Bertz CT molecular complexity index is 857. The summed E-state index contributed by atoms with van der Waals surface area (Å²) >= 11 is 1.42. The molecule has 1 aliphatic rings. The van der Waals surface area contributed by atoms with E-state index in [-0.39, 0.29) is 5.91 Å². The van der Waals surface area contributed by atoms with Gasteiger partial charge in [-0.1, -0.05) is 41.6 Å². The van der Waals surface area contributed by atoms with E-state index in [0.29, 0.717) is 16.2 Å². The molecule has 0 N–H and O–H groups in total. The molecule has 0 saturated heterocycles. The lowest BCUT2D eigenvalue weighted by Gasteiger charge is -2.27. The summed E-state index contributed by atoms with van der Waals surface area (Å²) < 4.78 is 4.74. The molecule has 24 heavy (non-hydrogen) atoms. The number of amides is 1. The molecule has 122 valence electrons. The molecule has 0 atom stereocenters. The van der Waals surface area contributed by atoms with Crippen LogP contribution in [0.2, 0.25) is 0 Å². The second-order valence-corrected chi connectivity index (χ2v) is 6.65. The summed E-state index contributed by atoms with van der Waals surface area (Å²) in [6, 6.07) is 13.3. The molecule has 0 radical (unpaired) electrons. The van der Waals surface area contributed by atoms with Gasteiger partial charge in [0, 0.05) is 11.9 Å². The molecule has 0 bridgehead atoms. The van der Waals surface area contributed by atoms with Gasteiger partial charge < -0.3 is 9.64 Å². The van der Waals surface area contributed by atoms with Crippen molar-refractivity contribution in [2.24, 2.45) is 0 Å². The van der Waals surface area contributed by atoms with Crippen LogP contribution in [0.1, 0.15) is 21.5 Å². The van der Waals surface area contributed by atoms with E-state index in [2.05, 4.69) is 0 Å². The van der Waals surface area contributed by atoms with Gasteiger partial charge in [-0.15, -0.1) is 0 Å². The summed E-state index contributed by atoms with van der Waals surface area (Å²) in [6.07, 6.45) is 1.90. The van der Waals surface area contributed by atoms with Crippen LogP contribution in [0, 0.1) is 6.92 Å². The Morgan fingerprint density at radius 2 is 2.00 bits per heavy atom. The van der Waals surface area contributed by atoms with Crippen LogP contribution in [0.4, 0.5) is 5.69 Å². The second kappa shape index (κ2) is 6.53. The number of thioether (sulfide) groups is 1. The Kier molecular flexibility index (Phi) is 4.44. The number of aryl methyl sites for hydroxylation is 1. The highest BCUT2D eigenvalue weighted by molar-refractivity contribution is 8.04. The third-order valence-electron chi connectivity index (χ3n) is 3.82. The van der Waals surface area contributed by atoms with Gasteiger partial charge in [-0.05, 0) is 36.8 Å². The molecular weight excluding hydrogens is 322 g/mol. The molecule has 1 aliphatic heterocycles. The number of methoxy groups -OCH3 is 1. The first-order chi connectivity index (χ1) is 11.5. The zero-order valence-electron chi connectivity index (χ0n) is 13.7. The molecule has 2 aromatic rings. The van der Waals surface area contributed by atoms with E-state index >= 15 is 0 Å². The Balaban J connectivity index is 1.99. The Hall–Kier alpha value is -2.53. The van der Waals surface area contributed by atoms with Crippen LogP contribution < -0.4 is 4.90 Å². The fraction of sp³-hybridized carbons (Fsp3) is 0.158. The van der Waals surface area contributed by atoms with Crippen LogP contribution in [0.15, 0.2) is 52.3 Å². The number of fused-ring (bicyclic) bond motifs is 1. The zero-order valence-corrected chi connectivity index (χ0v) is 14.5. The Morgan fingerprint density at radius 1 is 1.21 bits per heavy atom. The third-order valence-corrected chi connectivity index (χ3v) is 4.89. The summed E-state index contributed by atoms with van der Waals surface area (Å²) in [4.78, 5) is 27.5. The van der Waals surface area contributed by atoms with Crippen molar-refractivity contribution in [1.82, 2.24) is 0 Å². The minimum atomic E-state index is -0.412. The van der Waals surface area contributed by atoms with E-state index in [1.807, 2.05) is 43.3 Å². The lowest BCUT2D eigenvalue weighted by atomic mass is 10.1. The van der Waals surface area contributed by atoms with Gasteiger partial charge in [0.1, 0.15) is 0 Å². The number of nitrogens with zero attached hydrogens (tertiary/aromatic N) is 1. The summed E-state index contributed by atoms with van der Waals surface area (Å²) in [7, 11) is 3.06. The largest absolute Gasteiger partial charge is 0.465 e. The van der Waals surface area contributed by atoms with E-state index in [0.717, 1.165) is 16.0 Å². The number of carbonyl (C=O) groups is 2. The van der Waals surface area contributed by atoms with Crippen molar-refractivity contribution in [2.45, 2.75) is 11.8 Å². The van der Waals surface area contributed by atoms with E-state index < -0.39 is 5.97 Å². The fourth-order valence-corrected chi connectivity index (χ4v) is 3.64. The Morgan fingerprint density at radius 3 is 2.71 bits per heavy atom. The monoisotopic (exact) mass is 339 g/mol. The number of esters is 1. The molecule has 0 aromatic heterocycles. The molecule has 5 heteroatoms. The second-order valence-electron chi connectivity index (χ2n) is 5.56. The van der Waals surface area contributed by atoms with Gasteiger partial charge in [0.2, 0.25) is 0 Å². The molecule has 0 unspecified atom stereocenters. The van der Waals surface area contributed by atoms with Crippen LogP contribution in [0.3, 0.4) is 0 Å². The van der Waals surface area contributed by atoms with Gasteiger partial charge >= 0.3 is 5.97 Å². The van der Waals surface area contributed by atoms with Gasteiger partial charge in [0.05, 0.1) is 23.3 Å². The van der Waals surface area contributed by atoms with Crippen LogP contribution in [-0.2, 0) is 9.53 Å². The maximum absolute atomic E-state index is 12.6. The number of hydrogen-bond donors (Lipinski definition) is 0. The van der Waals surface area contributed by atoms with E-state index in [1.54, 1.807) is 24.1 Å². The van der Waals surface area contributed by atoms with Crippen molar-refractivity contribution in [3.63, 3.8) is 0 Å². The number of carbonyl (C=O) groups excluding carboxylic acids is 2. The Labute approximate surface area is 145 Å². The molecule has 2 aromatic carbocycles. The molecule has 4 nitrogen and oxygen atoms in total. The number of rotatable bonds is 2. The SMILES string of the molecule is COC(=O)c1ccc2c(c1)N(C)C(=O)C(=Cc1cccc(C)c1)S2. The predicted octanol–water partition coefficient (Wildman–Crippen LogP) is 3.89. The van der Waals surface area contributed by atoms with Gasteiger partial charge in [-0.25, -0.2) is 4.79 Å². The van der Waals surface area contributed by atoms with Crippen molar-refractivity contribution in [3.05, 3.63) is 64.1 Å². The standard InChI is InChI=1S/C19H17NO3S/c1-12-5-4-6-13(9-12)10-17-18(21)20(2)15-11-14(19(22)23-3)7-8-16(15)24-17/h4-11H,1-3H3. The molecule has 3 rings (SSSR count). The first-order valence-corrected chi connectivity index (χ1v) is 8.28. The number of likely N-dealkylation sites (N-methyl/N-ethyl adjacent to an activating group) is 1. The van der Waals surface area contributed by atoms with Crippen molar-refractivity contribution in [3.8, 4) is 0 Å². The summed E-state index contributed by atoms with van der Waals surface area (Å²) in [5.41, 5.74) is 3.29. The molecule has 0 spiro atoms. The summed E-state index contributed by atoms with van der Waals surface area (Å²) in [5, 5.41) is 0. The highest BCUT2D eigenvalue weighted by Crippen LogP contribution is 2.42. The molecule has 0 fully saturated rings. The lowest BCUT2D eigenvalue weighted by Crippen LogP contribution is -2.30. The van der Waals surface area contributed by atoms with Crippen LogP contribution in [-0.4, -0.2) is 26.0 Å². The topological polar surface area (TPSA) is 46.6 Å². The minimum Gasteiger partial charge on any atom is -0.465 e. The van der Waals surface area contributed by atoms with Gasteiger partial charge in [-0.2, -0.15) is 0 Å². The van der Waals surface area contributed by atoms with E-state index in [9.17, 15) is 9.59 Å². The predicted molar refractivity (Wildman–Crippen MR) is 96.2 cm³/mol. The molecule has 1 amide bonds. The van der Waals surface area contributed by atoms with Crippen LogP contribution in [0.25, 0.3) is 6.08 Å². The van der Waals surface area contributed by atoms with Crippen molar-refractivity contribution >= 4 is 35.4 Å². The first-order valence-electron chi connectivity index (χ1n) is 7.46. The molecule has 0 aliphatic carbocycles. The van der Waals surface area contributed by atoms with Crippen molar-refractivity contribution < 1.29 is 14.3 Å². The highest BCUT2D eigenvalue weighted by Gasteiger charge is 2.27. The molecule has 0 saturated carbocycles. The first kappa shape index (κ1) is 16.3.